The van der Waals surface area contributed by atoms with Crippen LogP contribution in [0.15, 0.2) is 53.4 Å². The highest BCUT2D eigenvalue weighted by Gasteiger charge is 2.15. The fourth-order valence-corrected chi connectivity index (χ4v) is 3.11. The minimum Gasteiger partial charge on any atom is -0.351 e. The Balaban J connectivity index is 1.88. The topological polar surface area (TPSA) is 118 Å². The lowest BCUT2D eigenvalue weighted by Crippen LogP contribution is -2.34. The fourth-order valence-electron chi connectivity index (χ4n) is 2.08. The highest BCUT2D eigenvalue weighted by molar-refractivity contribution is 7.89. The van der Waals surface area contributed by atoms with Crippen LogP contribution < -0.4 is 10.0 Å². The van der Waals surface area contributed by atoms with Crippen molar-refractivity contribution in [1.82, 2.24) is 10.0 Å². The van der Waals surface area contributed by atoms with Crippen molar-refractivity contribution in [3.63, 3.8) is 0 Å². The van der Waals surface area contributed by atoms with E-state index in [1.165, 1.54) is 0 Å². The van der Waals surface area contributed by atoms with Crippen LogP contribution in [0.4, 0.5) is 5.69 Å². The number of nitrogens with zero attached hydrogens (tertiary/aromatic N) is 1. The maximum absolute atomic E-state index is 12.1. The van der Waals surface area contributed by atoms with Gasteiger partial charge in [0.2, 0.25) is 10.0 Å². The van der Waals surface area contributed by atoms with Crippen molar-refractivity contribution in [3.05, 3.63) is 69.8 Å². The van der Waals surface area contributed by atoms with Crippen LogP contribution in [0.3, 0.4) is 0 Å². The third-order valence-corrected chi connectivity index (χ3v) is 4.82. The summed E-state index contributed by atoms with van der Waals surface area (Å²) in [5.74, 6) is -0.293. The molecule has 0 saturated carbocycles. The lowest BCUT2D eigenvalue weighted by molar-refractivity contribution is -0.384. The molecule has 0 saturated heterocycles. The average Bonchev–Trinajstić information content (AvgIpc) is 2.58. The Morgan fingerprint density at radius 3 is 2.40 bits per heavy atom. The normalized spacial score (nSPS) is 11.1. The number of carbonyl (C=O) groups excluding carboxylic acids is 1. The second kappa shape index (κ2) is 7.86. The van der Waals surface area contributed by atoms with E-state index in [-0.39, 0.29) is 29.6 Å². The average molecular weight is 363 g/mol. The van der Waals surface area contributed by atoms with Crippen molar-refractivity contribution in [2.45, 2.75) is 11.8 Å². The molecule has 0 aliphatic carbocycles. The number of nitro groups is 1. The van der Waals surface area contributed by atoms with Gasteiger partial charge in [-0.05, 0) is 31.2 Å². The van der Waals surface area contributed by atoms with Crippen LogP contribution in [0.25, 0.3) is 0 Å². The first-order valence-corrected chi connectivity index (χ1v) is 8.87. The number of hydrogen-bond donors (Lipinski definition) is 2. The molecule has 0 bridgehead atoms. The third-order valence-electron chi connectivity index (χ3n) is 3.34. The molecular weight excluding hydrogens is 346 g/mol. The summed E-state index contributed by atoms with van der Waals surface area (Å²) >= 11 is 0. The highest BCUT2D eigenvalue weighted by Crippen LogP contribution is 2.15. The Morgan fingerprint density at radius 2 is 1.80 bits per heavy atom. The maximum atomic E-state index is 12.1. The second-order valence-corrected chi connectivity index (χ2v) is 7.04. The van der Waals surface area contributed by atoms with Crippen LogP contribution in [-0.4, -0.2) is 32.3 Å². The Bertz CT molecular complexity index is 879. The van der Waals surface area contributed by atoms with Crippen molar-refractivity contribution < 1.29 is 18.1 Å². The van der Waals surface area contributed by atoms with E-state index in [0.29, 0.717) is 5.56 Å². The Morgan fingerprint density at radius 1 is 1.12 bits per heavy atom. The number of amides is 1. The van der Waals surface area contributed by atoms with Gasteiger partial charge >= 0.3 is 0 Å². The molecule has 0 spiro atoms. The summed E-state index contributed by atoms with van der Waals surface area (Å²) in [6.45, 7) is 1.98. The van der Waals surface area contributed by atoms with Crippen molar-refractivity contribution >= 4 is 21.6 Å². The molecule has 132 valence electrons. The molecule has 1 amide bonds. The van der Waals surface area contributed by atoms with Gasteiger partial charge < -0.3 is 5.32 Å². The van der Waals surface area contributed by atoms with Gasteiger partial charge in [0.05, 0.1) is 9.82 Å². The summed E-state index contributed by atoms with van der Waals surface area (Å²) in [6, 6.07) is 11.6. The number of sulfonamides is 1. The van der Waals surface area contributed by atoms with Gasteiger partial charge in [-0.25, -0.2) is 13.1 Å². The number of non-ortho nitro benzene ring substituents is 1. The van der Waals surface area contributed by atoms with Gasteiger partial charge in [-0.15, -0.1) is 0 Å². The van der Waals surface area contributed by atoms with E-state index >= 15 is 0 Å². The Labute approximate surface area is 145 Å². The van der Waals surface area contributed by atoms with Crippen molar-refractivity contribution in [2.24, 2.45) is 0 Å². The van der Waals surface area contributed by atoms with Crippen molar-refractivity contribution in [1.29, 1.82) is 0 Å². The number of rotatable bonds is 7. The molecule has 25 heavy (non-hydrogen) atoms. The Kier molecular flexibility index (Phi) is 5.84. The lowest BCUT2D eigenvalue weighted by Gasteiger charge is -2.08. The monoisotopic (exact) mass is 363 g/mol. The predicted octanol–water partition coefficient (Wildman–Crippen LogP) is 1.61. The van der Waals surface area contributed by atoms with Crippen LogP contribution in [-0.2, 0) is 10.0 Å². The van der Waals surface area contributed by atoms with E-state index in [4.69, 9.17) is 0 Å². The molecule has 0 radical (unpaired) electrons. The molecule has 2 aromatic carbocycles. The van der Waals surface area contributed by atoms with E-state index < -0.39 is 14.9 Å². The fraction of sp³-hybridized carbons (Fsp3) is 0.188. The van der Waals surface area contributed by atoms with Crippen molar-refractivity contribution in [2.75, 3.05) is 13.1 Å². The van der Waals surface area contributed by atoms with E-state index in [9.17, 15) is 23.3 Å². The summed E-state index contributed by atoms with van der Waals surface area (Å²) in [7, 11) is -3.80. The number of aryl methyl sites for hydroxylation is 1. The number of benzene rings is 2. The summed E-state index contributed by atoms with van der Waals surface area (Å²) in [5, 5.41) is 13.2. The SMILES string of the molecule is Cc1cccc(C(=O)NCCNS(=O)(=O)c2ccc([N+](=O)[O-])cc2)c1. The number of nitrogens with one attached hydrogen (secondary N) is 2. The van der Waals surface area contributed by atoms with Crippen LogP contribution in [0.1, 0.15) is 15.9 Å². The molecule has 0 aromatic heterocycles. The van der Waals surface area contributed by atoms with Crippen LogP contribution in [0.5, 0.6) is 0 Å². The second-order valence-electron chi connectivity index (χ2n) is 5.27. The van der Waals surface area contributed by atoms with Crippen molar-refractivity contribution in [3.8, 4) is 0 Å². The number of carbonyl (C=O) groups is 1. The zero-order valence-electron chi connectivity index (χ0n) is 13.4. The molecule has 9 heteroatoms. The minimum atomic E-state index is -3.80. The smallest absolute Gasteiger partial charge is 0.269 e. The Hall–Kier alpha value is -2.78. The molecule has 8 nitrogen and oxygen atoms in total. The molecule has 0 atom stereocenters. The third kappa shape index (κ3) is 5.10. The van der Waals surface area contributed by atoms with Gasteiger partial charge in [-0.3, -0.25) is 14.9 Å². The summed E-state index contributed by atoms with van der Waals surface area (Å²) in [4.78, 5) is 21.8. The van der Waals surface area contributed by atoms with E-state index in [1.807, 2.05) is 13.0 Å². The first-order valence-electron chi connectivity index (χ1n) is 7.38. The predicted molar refractivity (Wildman–Crippen MR) is 91.8 cm³/mol. The first kappa shape index (κ1) is 18.6. The van der Waals surface area contributed by atoms with Gasteiger partial charge in [0.25, 0.3) is 11.6 Å². The van der Waals surface area contributed by atoms with Crippen LogP contribution >= 0.6 is 0 Å². The largest absolute Gasteiger partial charge is 0.351 e. The number of hydrogen-bond acceptors (Lipinski definition) is 5. The molecule has 0 aliphatic heterocycles. The standard InChI is InChI=1S/C16H17N3O5S/c1-12-3-2-4-13(11-12)16(20)17-9-10-18-25(23,24)15-7-5-14(6-8-15)19(21)22/h2-8,11,18H,9-10H2,1H3,(H,17,20). The van der Waals surface area contributed by atoms with E-state index in [0.717, 1.165) is 29.8 Å². The summed E-state index contributed by atoms with van der Waals surface area (Å²) in [6.07, 6.45) is 0. The molecular formula is C16H17N3O5S. The molecule has 2 aromatic rings. The first-order chi connectivity index (χ1) is 11.8. The van der Waals surface area contributed by atoms with E-state index in [2.05, 4.69) is 10.0 Å². The zero-order chi connectivity index (χ0) is 18.4. The van der Waals surface area contributed by atoms with Gasteiger partial charge in [-0.2, -0.15) is 0 Å². The van der Waals surface area contributed by atoms with Gasteiger partial charge in [0.15, 0.2) is 0 Å². The quantitative estimate of drug-likeness (QED) is 0.440. The minimum absolute atomic E-state index is 0.00310. The highest BCUT2D eigenvalue weighted by atomic mass is 32.2. The van der Waals surface area contributed by atoms with Gasteiger partial charge in [0, 0.05) is 30.8 Å². The number of nitro benzene ring substituents is 1. The molecule has 2 rings (SSSR count). The van der Waals surface area contributed by atoms with E-state index in [1.54, 1.807) is 18.2 Å². The van der Waals surface area contributed by atoms with Crippen LogP contribution in [0, 0.1) is 17.0 Å². The van der Waals surface area contributed by atoms with Gasteiger partial charge in [0.1, 0.15) is 0 Å². The molecule has 0 aliphatic rings. The van der Waals surface area contributed by atoms with Gasteiger partial charge in [-0.1, -0.05) is 17.7 Å². The summed E-state index contributed by atoms with van der Waals surface area (Å²) < 4.78 is 26.5. The zero-order valence-corrected chi connectivity index (χ0v) is 14.2. The van der Waals surface area contributed by atoms with Crippen LogP contribution in [0.2, 0.25) is 0 Å². The molecule has 0 heterocycles. The molecule has 0 unspecified atom stereocenters. The lowest BCUT2D eigenvalue weighted by atomic mass is 10.1. The molecule has 2 N–H and O–H groups in total. The molecule has 0 fully saturated rings. The summed E-state index contributed by atoms with van der Waals surface area (Å²) in [5.41, 5.74) is 1.26. The maximum Gasteiger partial charge on any atom is 0.269 e.